The number of hydrogen-bond acceptors (Lipinski definition) is 5. The summed E-state index contributed by atoms with van der Waals surface area (Å²) in [5.41, 5.74) is 3.73. The summed E-state index contributed by atoms with van der Waals surface area (Å²) in [6.07, 6.45) is 7.37. The molecule has 5 nitrogen and oxygen atoms in total. The highest BCUT2D eigenvalue weighted by molar-refractivity contribution is 5.80. The lowest BCUT2D eigenvalue weighted by molar-refractivity contribution is 0.324. The van der Waals surface area contributed by atoms with E-state index in [1.165, 1.54) is 0 Å². The molecule has 2 aromatic carbocycles. The Morgan fingerprint density at radius 2 is 1.33 bits per heavy atom. The standard InChI is InChI=1S/C19H18N2O3/c1-22-17-11-14(12-18(23-2)19(17)24-3)5-4-13-6-7-15-16(10-13)21-9-8-20-15/h4-12H,1-3H3/b5-4+. The molecule has 0 radical (unpaired) electrons. The Morgan fingerprint density at radius 1 is 0.708 bits per heavy atom. The maximum atomic E-state index is 5.37. The highest BCUT2D eigenvalue weighted by atomic mass is 16.5. The zero-order valence-corrected chi connectivity index (χ0v) is 13.8. The van der Waals surface area contributed by atoms with Crippen molar-refractivity contribution < 1.29 is 14.2 Å². The predicted molar refractivity (Wildman–Crippen MR) is 94.6 cm³/mol. The Labute approximate surface area is 140 Å². The van der Waals surface area contributed by atoms with Gasteiger partial charge < -0.3 is 14.2 Å². The minimum absolute atomic E-state index is 0.582. The van der Waals surface area contributed by atoms with Crippen molar-refractivity contribution in [1.29, 1.82) is 0 Å². The molecule has 0 saturated heterocycles. The lowest BCUT2D eigenvalue weighted by Crippen LogP contribution is -1.95. The van der Waals surface area contributed by atoms with Crippen LogP contribution >= 0.6 is 0 Å². The molecular formula is C19H18N2O3. The Morgan fingerprint density at radius 3 is 1.96 bits per heavy atom. The third-order valence-electron chi connectivity index (χ3n) is 3.65. The third-order valence-corrected chi connectivity index (χ3v) is 3.65. The van der Waals surface area contributed by atoms with Crippen molar-refractivity contribution >= 4 is 23.2 Å². The molecule has 0 fully saturated rings. The number of aromatic nitrogens is 2. The molecule has 24 heavy (non-hydrogen) atoms. The number of ether oxygens (including phenoxy) is 3. The Hall–Kier alpha value is -3.08. The average Bonchev–Trinajstić information content (AvgIpc) is 2.65. The summed E-state index contributed by atoms with van der Waals surface area (Å²) in [6, 6.07) is 9.76. The zero-order chi connectivity index (χ0) is 16.9. The van der Waals surface area contributed by atoms with Crippen LogP contribution in [0.5, 0.6) is 17.2 Å². The van der Waals surface area contributed by atoms with E-state index in [1.807, 2.05) is 42.5 Å². The van der Waals surface area contributed by atoms with Crippen LogP contribution in [0.2, 0.25) is 0 Å². The number of benzene rings is 2. The quantitative estimate of drug-likeness (QED) is 0.668. The van der Waals surface area contributed by atoms with Crippen LogP contribution in [-0.2, 0) is 0 Å². The van der Waals surface area contributed by atoms with E-state index < -0.39 is 0 Å². The van der Waals surface area contributed by atoms with Crippen molar-refractivity contribution in [2.45, 2.75) is 0 Å². The van der Waals surface area contributed by atoms with Gasteiger partial charge in [-0.3, -0.25) is 9.97 Å². The van der Waals surface area contributed by atoms with Gasteiger partial charge in [-0.1, -0.05) is 18.2 Å². The van der Waals surface area contributed by atoms with Crippen LogP contribution < -0.4 is 14.2 Å². The molecule has 0 aliphatic carbocycles. The van der Waals surface area contributed by atoms with Crippen molar-refractivity contribution in [2.24, 2.45) is 0 Å². The molecule has 0 unspecified atom stereocenters. The van der Waals surface area contributed by atoms with Crippen molar-refractivity contribution in [3.8, 4) is 17.2 Å². The number of methoxy groups -OCH3 is 3. The number of fused-ring (bicyclic) bond motifs is 1. The maximum Gasteiger partial charge on any atom is 0.203 e. The van der Waals surface area contributed by atoms with Crippen molar-refractivity contribution in [2.75, 3.05) is 21.3 Å². The Balaban J connectivity index is 1.95. The van der Waals surface area contributed by atoms with Gasteiger partial charge in [-0.15, -0.1) is 0 Å². The molecule has 122 valence electrons. The minimum atomic E-state index is 0.582. The topological polar surface area (TPSA) is 53.5 Å². The molecule has 3 rings (SSSR count). The second-order valence-corrected chi connectivity index (χ2v) is 5.10. The molecular weight excluding hydrogens is 304 g/mol. The predicted octanol–water partition coefficient (Wildman–Crippen LogP) is 3.83. The minimum Gasteiger partial charge on any atom is -0.493 e. The zero-order valence-electron chi connectivity index (χ0n) is 13.8. The lowest BCUT2D eigenvalue weighted by Gasteiger charge is -2.12. The molecule has 0 spiro atoms. The first kappa shape index (κ1) is 15.8. The van der Waals surface area contributed by atoms with Crippen LogP contribution in [0.15, 0.2) is 42.7 Å². The fraction of sp³-hybridized carbons (Fsp3) is 0.158. The Bertz CT molecular complexity index is 866. The van der Waals surface area contributed by atoms with E-state index in [-0.39, 0.29) is 0 Å². The maximum absolute atomic E-state index is 5.37. The van der Waals surface area contributed by atoms with Crippen molar-refractivity contribution in [1.82, 2.24) is 9.97 Å². The van der Waals surface area contributed by atoms with E-state index in [2.05, 4.69) is 9.97 Å². The molecule has 3 aromatic rings. The van der Waals surface area contributed by atoms with Gasteiger partial charge in [-0.2, -0.15) is 0 Å². The van der Waals surface area contributed by atoms with E-state index >= 15 is 0 Å². The highest BCUT2D eigenvalue weighted by Crippen LogP contribution is 2.38. The first-order chi connectivity index (χ1) is 11.7. The molecule has 5 heteroatoms. The van der Waals surface area contributed by atoms with Crippen molar-refractivity contribution in [3.05, 3.63) is 53.9 Å². The van der Waals surface area contributed by atoms with Crippen LogP contribution in [0.25, 0.3) is 23.2 Å². The van der Waals surface area contributed by atoms with Crippen LogP contribution in [0, 0.1) is 0 Å². The van der Waals surface area contributed by atoms with E-state index in [0.29, 0.717) is 17.2 Å². The molecule has 0 bridgehead atoms. The van der Waals surface area contributed by atoms with Crippen LogP contribution in [0.3, 0.4) is 0 Å². The largest absolute Gasteiger partial charge is 0.493 e. The van der Waals surface area contributed by atoms with Crippen LogP contribution in [0.4, 0.5) is 0 Å². The van der Waals surface area contributed by atoms with E-state index in [1.54, 1.807) is 33.7 Å². The number of nitrogens with zero attached hydrogens (tertiary/aromatic N) is 2. The fourth-order valence-corrected chi connectivity index (χ4v) is 2.47. The second kappa shape index (κ2) is 7.00. The smallest absolute Gasteiger partial charge is 0.203 e. The monoisotopic (exact) mass is 322 g/mol. The summed E-state index contributed by atoms with van der Waals surface area (Å²) in [5.74, 6) is 1.83. The van der Waals surface area contributed by atoms with Gasteiger partial charge in [0, 0.05) is 12.4 Å². The third kappa shape index (κ3) is 3.15. The molecule has 0 atom stereocenters. The van der Waals surface area contributed by atoms with Gasteiger partial charge in [0.15, 0.2) is 11.5 Å². The van der Waals surface area contributed by atoms with Gasteiger partial charge >= 0.3 is 0 Å². The normalized spacial score (nSPS) is 11.0. The highest BCUT2D eigenvalue weighted by Gasteiger charge is 2.11. The van der Waals surface area contributed by atoms with Gasteiger partial charge in [0.25, 0.3) is 0 Å². The van der Waals surface area contributed by atoms with Gasteiger partial charge in [0.05, 0.1) is 32.4 Å². The first-order valence-electron chi connectivity index (χ1n) is 7.44. The SMILES string of the molecule is COc1cc(/C=C/c2ccc3nccnc3c2)cc(OC)c1OC. The molecule has 0 aliphatic heterocycles. The van der Waals surface area contributed by atoms with E-state index in [4.69, 9.17) is 14.2 Å². The summed E-state index contributed by atoms with van der Waals surface area (Å²) in [4.78, 5) is 8.59. The van der Waals surface area contributed by atoms with Crippen molar-refractivity contribution in [3.63, 3.8) is 0 Å². The van der Waals surface area contributed by atoms with E-state index in [0.717, 1.165) is 22.2 Å². The summed E-state index contributed by atoms with van der Waals surface area (Å²) in [7, 11) is 4.80. The van der Waals surface area contributed by atoms with Gasteiger partial charge in [0.1, 0.15) is 0 Å². The summed E-state index contributed by atoms with van der Waals surface area (Å²) in [6.45, 7) is 0. The van der Waals surface area contributed by atoms with Crippen LogP contribution in [-0.4, -0.2) is 31.3 Å². The molecule has 1 aromatic heterocycles. The molecule has 0 amide bonds. The fourth-order valence-electron chi connectivity index (χ4n) is 2.47. The average molecular weight is 322 g/mol. The molecule has 0 aliphatic rings. The second-order valence-electron chi connectivity index (χ2n) is 5.10. The number of hydrogen-bond donors (Lipinski definition) is 0. The molecule has 0 saturated carbocycles. The summed E-state index contributed by atoms with van der Waals surface area (Å²) >= 11 is 0. The number of rotatable bonds is 5. The first-order valence-corrected chi connectivity index (χ1v) is 7.44. The summed E-state index contributed by atoms with van der Waals surface area (Å²) < 4.78 is 16.1. The van der Waals surface area contributed by atoms with Crippen LogP contribution in [0.1, 0.15) is 11.1 Å². The molecule has 1 heterocycles. The van der Waals surface area contributed by atoms with Gasteiger partial charge in [0.2, 0.25) is 5.75 Å². The van der Waals surface area contributed by atoms with E-state index in [9.17, 15) is 0 Å². The van der Waals surface area contributed by atoms with Gasteiger partial charge in [-0.05, 0) is 35.4 Å². The molecule has 0 N–H and O–H groups in total. The Kier molecular flexibility index (Phi) is 4.61. The lowest BCUT2D eigenvalue weighted by atomic mass is 10.1. The van der Waals surface area contributed by atoms with Gasteiger partial charge in [-0.25, -0.2) is 0 Å². The summed E-state index contributed by atoms with van der Waals surface area (Å²) in [5, 5.41) is 0.